The van der Waals surface area contributed by atoms with Crippen LogP contribution in [-0.4, -0.2) is 83.6 Å². The average molecular weight is 524 g/mol. The number of carbonyl (C=O) groups excluding carboxylic acids is 4. The fraction of sp³-hybridized carbons (Fsp3) is 0.348. The zero-order valence-corrected chi connectivity index (χ0v) is 20.1. The number of imidazole rings is 1. The second-order valence-electron chi connectivity index (χ2n) is 8.86. The van der Waals surface area contributed by atoms with Crippen molar-refractivity contribution < 1.29 is 34.1 Å². The van der Waals surface area contributed by atoms with Crippen LogP contribution in [0.1, 0.15) is 35.0 Å². The fourth-order valence-electron chi connectivity index (χ4n) is 4.44. The molecule has 4 amide bonds. The number of imide groups is 1. The summed E-state index contributed by atoms with van der Waals surface area (Å²) < 4.78 is 6.94. The van der Waals surface area contributed by atoms with Gasteiger partial charge >= 0.3 is 0 Å². The van der Waals surface area contributed by atoms with Crippen LogP contribution >= 0.6 is 0 Å². The number of nitrogens with two attached hydrogens (primary N) is 1. The Kier molecular flexibility index (Phi) is 6.48. The molecule has 0 spiro atoms. The van der Waals surface area contributed by atoms with Gasteiger partial charge in [0, 0.05) is 43.2 Å². The number of amides is 4. The molecule has 2 aliphatic heterocycles. The van der Waals surface area contributed by atoms with Crippen LogP contribution in [-0.2, 0) is 25.7 Å². The molecule has 198 valence electrons. The predicted molar refractivity (Wildman–Crippen MR) is 129 cm³/mol. The van der Waals surface area contributed by atoms with Gasteiger partial charge in [0.25, 0.3) is 11.8 Å². The SMILES string of the molecule is CN(C(=O)CCC(=O)Nc1cccc2c1CNC2=O)C(=O)[C@H]1O[C@@H](n2cnc3c(N)ncnc32)[C@H](O)[C@@H]1O. The van der Waals surface area contributed by atoms with E-state index in [0.29, 0.717) is 16.8 Å². The largest absolute Gasteiger partial charge is 0.387 e. The lowest BCUT2D eigenvalue weighted by Crippen LogP contribution is -2.46. The van der Waals surface area contributed by atoms with Gasteiger partial charge in [-0.2, -0.15) is 0 Å². The zero-order valence-electron chi connectivity index (χ0n) is 20.1. The molecule has 6 N–H and O–H groups in total. The minimum Gasteiger partial charge on any atom is -0.387 e. The summed E-state index contributed by atoms with van der Waals surface area (Å²) in [5.41, 5.74) is 7.84. The molecule has 5 rings (SSSR count). The molecule has 0 bridgehead atoms. The summed E-state index contributed by atoms with van der Waals surface area (Å²) in [6.45, 7) is 0.284. The first kappa shape index (κ1) is 25.2. The molecule has 1 fully saturated rings. The summed E-state index contributed by atoms with van der Waals surface area (Å²) >= 11 is 0. The number of aliphatic hydroxyl groups excluding tert-OH is 2. The Labute approximate surface area is 214 Å². The molecule has 3 aromatic rings. The second kappa shape index (κ2) is 9.77. The lowest BCUT2D eigenvalue weighted by Gasteiger charge is -2.21. The van der Waals surface area contributed by atoms with Crippen LogP contribution in [0.2, 0.25) is 0 Å². The molecule has 15 heteroatoms. The smallest absolute Gasteiger partial charge is 0.260 e. The first-order valence-electron chi connectivity index (χ1n) is 11.6. The molecular weight excluding hydrogens is 500 g/mol. The lowest BCUT2D eigenvalue weighted by molar-refractivity contribution is -0.155. The summed E-state index contributed by atoms with van der Waals surface area (Å²) in [7, 11) is 1.19. The van der Waals surface area contributed by atoms with Gasteiger partial charge in [0.1, 0.15) is 24.1 Å². The average Bonchev–Trinajstić information content (AvgIpc) is 3.59. The molecule has 0 radical (unpaired) electrons. The van der Waals surface area contributed by atoms with Crippen LogP contribution in [0.25, 0.3) is 11.2 Å². The molecule has 1 saturated heterocycles. The van der Waals surface area contributed by atoms with Gasteiger partial charge in [0.15, 0.2) is 23.8 Å². The second-order valence-corrected chi connectivity index (χ2v) is 8.86. The molecule has 4 atom stereocenters. The van der Waals surface area contributed by atoms with E-state index in [1.54, 1.807) is 18.2 Å². The number of nitrogens with one attached hydrogen (secondary N) is 2. The van der Waals surface area contributed by atoms with Crippen LogP contribution < -0.4 is 16.4 Å². The summed E-state index contributed by atoms with van der Waals surface area (Å²) in [6, 6.07) is 4.94. The third-order valence-corrected chi connectivity index (χ3v) is 6.53. The van der Waals surface area contributed by atoms with Crippen LogP contribution in [0.3, 0.4) is 0 Å². The fourth-order valence-corrected chi connectivity index (χ4v) is 4.44. The highest BCUT2D eigenvalue weighted by Crippen LogP contribution is 2.33. The van der Waals surface area contributed by atoms with E-state index in [2.05, 4.69) is 25.6 Å². The molecule has 2 aromatic heterocycles. The predicted octanol–water partition coefficient (Wildman–Crippen LogP) is -1.32. The van der Waals surface area contributed by atoms with E-state index >= 15 is 0 Å². The van der Waals surface area contributed by atoms with E-state index in [4.69, 9.17) is 10.5 Å². The number of aromatic nitrogens is 4. The number of carbonyl (C=O) groups is 4. The Morgan fingerprint density at radius 2 is 2.00 bits per heavy atom. The van der Waals surface area contributed by atoms with Crippen LogP contribution in [0.15, 0.2) is 30.9 Å². The standard InChI is InChI=1S/C23H24N8O7/c1-30(14(33)6-5-13(32)29-12-4-2-3-10-11(12)7-25-21(10)36)22(37)18-16(34)17(35)23(38-18)31-9-28-15-19(24)26-8-27-20(15)31/h2-4,8-9,16-18,23,34-35H,5-7H2,1H3,(H,25,36)(H,29,32)(H2,24,26,27)/t16-,17+,18-,23+/m0/s1. The number of hydrogen-bond donors (Lipinski definition) is 5. The molecule has 15 nitrogen and oxygen atoms in total. The first-order chi connectivity index (χ1) is 18.2. The third kappa shape index (κ3) is 4.31. The van der Waals surface area contributed by atoms with E-state index in [0.717, 1.165) is 4.90 Å². The third-order valence-electron chi connectivity index (χ3n) is 6.53. The van der Waals surface area contributed by atoms with Gasteiger partial charge in [-0.15, -0.1) is 0 Å². The molecule has 2 aliphatic rings. The highest BCUT2D eigenvalue weighted by atomic mass is 16.6. The number of nitrogen functional groups attached to an aromatic ring is 1. The minimum atomic E-state index is -1.65. The zero-order chi connectivity index (χ0) is 27.1. The number of likely N-dealkylation sites (N-methyl/N-ethyl adjacent to an activating group) is 1. The Bertz CT molecular complexity index is 1460. The highest BCUT2D eigenvalue weighted by molar-refractivity contribution is 6.03. The summed E-state index contributed by atoms with van der Waals surface area (Å²) in [5, 5.41) is 26.4. The van der Waals surface area contributed by atoms with Gasteiger partial charge in [-0.05, 0) is 12.1 Å². The van der Waals surface area contributed by atoms with E-state index in [1.807, 2.05) is 0 Å². The number of rotatable bonds is 6. The van der Waals surface area contributed by atoms with Gasteiger partial charge in [-0.3, -0.25) is 28.6 Å². The van der Waals surface area contributed by atoms with Crippen molar-refractivity contribution in [3.8, 4) is 0 Å². The molecule has 0 unspecified atom stereocenters. The summed E-state index contributed by atoms with van der Waals surface area (Å²) in [6.07, 6.45) is -4.06. The maximum atomic E-state index is 13.0. The van der Waals surface area contributed by atoms with Crippen molar-refractivity contribution in [2.45, 2.75) is 43.9 Å². The Morgan fingerprint density at radius 3 is 2.79 bits per heavy atom. The van der Waals surface area contributed by atoms with Gasteiger partial charge in [0.2, 0.25) is 11.8 Å². The molecule has 38 heavy (non-hydrogen) atoms. The van der Waals surface area contributed by atoms with Gasteiger partial charge in [-0.1, -0.05) is 6.07 Å². The number of nitrogens with zero attached hydrogens (tertiary/aromatic N) is 5. The quantitative estimate of drug-likeness (QED) is 0.255. The van der Waals surface area contributed by atoms with Crippen molar-refractivity contribution in [1.82, 2.24) is 29.7 Å². The molecule has 4 heterocycles. The highest BCUT2D eigenvalue weighted by Gasteiger charge is 2.49. The topological polar surface area (TPSA) is 215 Å². The van der Waals surface area contributed by atoms with E-state index in [-0.39, 0.29) is 42.3 Å². The Morgan fingerprint density at radius 1 is 1.21 bits per heavy atom. The van der Waals surface area contributed by atoms with Gasteiger partial charge < -0.3 is 31.3 Å². The van der Waals surface area contributed by atoms with Crippen LogP contribution in [0.5, 0.6) is 0 Å². The van der Waals surface area contributed by atoms with E-state index in [9.17, 15) is 29.4 Å². The number of anilines is 2. The van der Waals surface area contributed by atoms with Crippen molar-refractivity contribution in [3.63, 3.8) is 0 Å². The van der Waals surface area contributed by atoms with Crippen LogP contribution in [0.4, 0.5) is 11.5 Å². The molecule has 1 aromatic carbocycles. The number of hydrogen-bond acceptors (Lipinski definition) is 11. The van der Waals surface area contributed by atoms with E-state index in [1.165, 1.54) is 24.3 Å². The number of ether oxygens (including phenoxy) is 1. The molecular formula is C23H24N8O7. The number of aliphatic hydroxyl groups is 2. The van der Waals surface area contributed by atoms with Gasteiger partial charge in [-0.25, -0.2) is 15.0 Å². The van der Waals surface area contributed by atoms with Crippen molar-refractivity contribution in [2.75, 3.05) is 18.1 Å². The molecule has 0 saturated carbocycles. The summed E-state index contributed by atoms with van der Waals surface area (Å²) in [4.78, 5) is 62.6. The maximum Gasteiger partial charge on any atom is 0.260 e. The minimum absolute atomic E-state index is 0.102. The van der Waals surface area contributed by atoms with E-state index < -0.39 is 42.3 Å². The number of fused-ring (bicyclic) bond motifs is 2. The van der Waals surface area contributed by atoms with Crippen molar-refractivity contribution >= 4 is 46.3 Å². The lowest BCUT2D eigenvalue weighted by atomic mass is 10.1. The van der Waals surface area contributed by atoms with Gasteiger partial charge in [0.05, 0.1) is 6.33 Å². The Hall–Kier alpha value is -4.47. The van der Waals surface area contributed by atoms with Crippen molar-refractivity contribution in [2.24, 2.45) is 0 Å². The monoisotopic (exact) mass is 524 g/mol. The maximum absolute atomic E-state index is 13.0. The Balaban J connectivity index is 1.20. The number of benzene rings is 1. The van der Waals surface area contributed by atoms with Crippen molar-refractivity contribution in [3.05, 3.63) is 42.0 Å². The van der Waals surface area contributed by atoms with Crippen LogP contribution in [0, 0.1) is 0 Å². The first-order valence-corrected chi connectivity index (χ1v) is 11.6. The normalized spacial score (nSPS) is 22.2. The summed E-state index contributed by atoms with van der Waals surface area (Å²) in [5.74, 6) is -2.19. The molecule has 0 aliphatic carbocycles. The van der Waals surface area contributed by atoms with Crippen molar-refractivity contribution in [1.29, 1.82) is 0 Å².